The Balaban J connectivity index is 2.14. The Kier molecular flexibility index (Phi) is 8.32. The number of halogens is 1. The summed E-state index contributed by atoms with van der Waals surface area (Å²) in [5.74, 6) is -0.0997. The lowest BCUT2D eigenvalue weighted by Gasteiger charge is -2.13. The van der Waals surface area contributed by atoms with E-state index in [0.29, 0.717) is 36.7 Å². The van der Waals surface area contributed by atoms with Crippen molar-refractivity contribution in [3.05, 3.63) is 29.3 Å². The van der Waals surface area contributed by atoms with Gasteiger partial charge in [0.15, 0.2) is 0 Å². The molecule has 0 aromatic heterocycles. The van der Waals surface area contributed by atoms with Crippen molar-refractivity contribution in [1.29, 1.82) is 0 Å². The highest BCUT2D eigenvalue weighted by Crippen LogP contribution is 2.13. The van der Waals surface area contributed by atoms with Gasteiger partial charge in [0, 0.05) is 30.8 Å². The first-order chi connectivity index (χ1) is 10.5. The first-order valence-corrected chi connectivity index (χ1v) is 7.47. The number of anilines is 1. The number of carbonyl (C=O) groups is 2. The molecule has 0 radical (unpaired) electrons. The molecule has 1 atom stereocenters. The van der Waals surface area contributed by atoms with E-state index in [0.717, 1.165) is 0 Å². The maximum absolute atomic E-state index is 11.7. The lowest BCUT2D eigenvalue weighted by molar-refractivity contribution is -0.116. The van der Waals surface area contributed by atoms with E-state index < -0.39 is 0 Å². The summed E-state index contributed by atoms with van der Waals surface area (Å²) in [5.41, 5.74) is 0.702. The molecule has 1 aromatic rings. The van der Waals surface area contributed by atoms with Gasteiger partial charge in [-0.3, -0.25) is 4.79 Å². The topological polar surface area (TPSA) is 79.5 Å². The molecule has 0 fully saturated rings. The van der Waals surface area contributed by atoms with Gasteiger partial charge < -0.3 is 20.7 Å². The van der Waals surface area contributed by atoms with E-state index in [1.165, 1.54) is 0 Å². The number of hydrogen-bond donors (Lipinski definition) is 3. The molecule has 6 nitrogen and oxygen atoms in total. The third-order valence-corrected chi connectivity index (χ3v) is 3.04. The second-order valence-electron chi connectivity index (χ2n) is 4.92. The Hall–Kier alpha value is -1.79. The highest BCUT2D eigenvalue weighted by Gasteiger charge is 2.06. The predicted octanol–water partition coefficient (Wildman–Crippen LogP) is 2.39. The van der Waals surface area contributed by atoms with Crippen LogP contribution in [0.2, 0.25) is 5.02 Å². The molecule has 0 aliphatic heterocycles. The monoisotopic (exact) mass is 327 g/mol. The Morgan fingerprint density at radius 1 is 1.27 bits per heavy atom. The third-order valence-electron chi connectivity index (χ3n) is 2.79. The normalized spacial score (nSPS) is 11.6. The number of hydrogen-bond acceptors (Lipinski definition) is 3. The van der Waals surface area contributed by atoms with Gasteiger partial charge in [-0.05, 0) is 37.6 Å². The fourth-order valence-electron chi connectivity index (χ4n) is 1.77. The smallest absolute Gasteiger partial charge is 0.315 e. The molecule has 0 aliphatic rings. The van der Waals surface area contributed by atoms with Crippen LogP contribution in [0, 0.1) is 0 Å². The molecular weight excluding hydrogens is 306 g/mol. The number of benzene rings is 1. The minimum absolute atomic E-state index is 0.0572. The number of ether oxygens (including phenoxy) is 1. The Morgan fingerprint density at radius 2 is 1.95 bits per heavy atom. The van der Waals surface area contributed by atoms with Crippen LogP contribution in [0.15, 0.2) is 24.3 Å². The highest BCUT2D eigenvalue weighted by molar-refractivity contribution is 6.30. The molecule has 0 heterocycles. The molecule has 3 amide bonds. The van der Waals surface area contributed by atoms with Crippen molar-refractivity contribution >= 4 is 29.2 Å². The molecule has 3 N–H and O–H groups in total. The molecule has 122 valence electrons. The van der Waals surface area contributed by atoms with E-state index in [1.807, 2.05) is 6.92 Å². The molecule has 0 saturated carbocycles. The molecule has 0 aliphatic carbocycles. The molecule has 1 unspecified atom stereocenters. The summed E-state index contributed by atoms with van der Waals surface area (Å²) in [6, 6.07) is 6.58. The molecule has 0 saturated heterocycles. The fraction of sp³-hybridized carbons (Fsp3) is 0.467. The van der Waals surface area contributed by atoms with Crippen LogP contribution in [0.5, 0.6) is 0 Å². The van der Waals surface area contributed by atoms with Crippen LogP contribution < -0.4 is 16.0 Å². The summed E-state index contributed by atoms with van der Waals surface area (Å²) in [4.78, 5) is 23.2. The van der Waals surface area contributed by atoms with E-state index in [4.69, 9.17) is 16.3 Å². The van der Waals surface area contributed by atoms with Crippen molar-refractivity contribution in [2.45, 2.75) is 25.8 Å². The molecule has 22 heavy (non-hydrogen) atoms. The van der Waals surface area contributed by atoms with E-state index in [9.17, 15) is 9.59 Å². The third kappa shape index (κ3) is 7.85. The zero-order valence-corrected chi connectivity index (χ0v) is 13.6. The van der Waals surface area contributed by atoms with Gasteiger partial charge >= 0.3 is 6.03 Å². The summed E-state index contributed by atoms with van der Waals surface area (Å²) in [6.45, 7) is 2.74. The van der Waals surface area contributed by atoms with Gasteiger partial charge in [0.1, 0.15) is 0 Å². The zero-order chi connectivity index (χ0) is 16.4. The van der Waals surface area contributed by atoms with Crippen LogP contribution in [0.4, 0.5) is 10.5 Å². The molecule has 0 spiro atoms. The van der Waals surface area contributed by atoms with Gasteiger partial charge in [0.2, 0.25) is 5.91 Å². The Labute approximate surface area is 135 Å². The Morgan fingerprint density at radius 3 is 2.59 bits per heavy atom. The van der Waals surface area contributed by atoms with E-state index in [-0.39, 0.29) is 18.0 Å². The first kappa shape index (κ1) is 18.3. The van der Waals surface area contributed by atoms with Crippen LogP contribution in [0.1, 0.15) is 19.8 Å². The Bertz CT molecular complexity index is 479. The largest absolute Gasteiger partial charge is 0.383 e. The maximum atomic E-state index is 11.7. The summed E-state index contributed by atoms with van der Waals surface area (Å²) in [7, 11) is 1.58. The van der Waals surface area contributed by atoms with Gasteiger partial charge in [0.25, 0.3) is 0 Å². The van der Waals surface area contributed by atoms with Gasteiger partial charge in [-0.15, -0.1) is 0 Å². The van der Waals surface area contributed by atoms with E-state index >= 15 is 0 Å². The molecular formula is C15H22ClN3O3. The van der Waals surface area contributed by atoms with Crippen molar-refractivity contribution in [3.8, 4) is 0 Å². The number of carbonyl (C=O) groups excluding carboxylic acids is 2. The lowest BCUT2D eigenvalue weighted by atomic mass is 10.2. The second-order valence-corrected chi connectivity index (χ2v) is 5.35. The zero-order valence-electron chi connectivity index (χ0n) is 12.8. The van der Waals surface area contributed by atoms with Crippen LogP contribution in [-0.2, 0) is 9.53 Å². The van der Waals surface area contributed by atoms with Crippen molar-refractivity contribution in [2.75, 3.05) is 25.6 Å². The summed E-state index contributed by atoms with van der Waals surface area (Å²) in [5, 5.41) is 8.81. The van der Waals surface area contributed by atoms with Gasteiger partial charge in [-0.25, -0.2) is 4.79 Å². The van der Waals surface area contributed by atoms with E-state index in [1.54, 1.807) is 31.4 Å². The van der Waals surface area contributed by atoms with Gasteiger partial charge in [0.05, 0.1) is 12.6 Å². The number of rotatable bonds is 8. The SMILES string of the molecule is COCC(C)NC(=O)NCCCC(=O)Nc1ccc(Cl)cc1. The first-order valence-electron chi connectivity index (χ1n) is 7.10. The van der Waals surface area contributed by atoms with Gasteiger partial charge in [-0.2, -0.15) is 0 Å². The average Bonchev–Trinajstić information content (AvgIpc) is 2.46. The molecule has 1 rings (SSSR count). The van der Waals surface area contributed by atoms with Crippen LogP contribution in [0.25, 0.3) is 0 Å². The van der Waals surface area contributed by atoms with Gasteiger partial charge in [-0.1, -0.05) is 11.6 Å². The molecule has 1 aromatic carbocycles. The summed E-state index contributed by atoms with van der Waals surface area (Å²) in [6.07, 6.45) is 0.891. The van der Waals surface area contributed by atoms with Crippen LogP contribution in [-0.4, -0.2) is 38.2 Å². The summed E-state index contributed by atoms with van der Waals surface area (Å²) >= 11 is 5.77. The minimum atomic E-state index is -0.261. The number of nitrogens with one attached hydrogen (secondary N) is 3. The lowest BCUT2D eigenvalue weighted by Crippen LogP contribution is -2.43. The van der Waals surface area contributed by atoms with Crippen molar-refractivity contribution in [1.82, 2.24) is 10.6 Å². The highest BCUT2D eigenvalue weighted by atomic mass is 35.5. The maximum Gasteiger partial charge on any atom is 0.315 e. The minimum Gasteiger partial charge on any atom is -0.383 e. The van der Waals surface area contributed by atoms with Crippen molar-refractivity contribution in [3.63, 3.8) is 0 Å². The fourth-order valence-corrected chi connectivity index (χ4v) is 1.90. The van der Waals surface area contributed by atoms with E-state index in [2.05, 4.69) is 16.0 Å². The number of methoxy groups -OCH3 is 1. The predicted molar refractivity (Wildman–Crippen MR) is 87.2 cm³/mol. The quantitative estimate of drug-likeness (QED) is 0.641. The standard InChI is InChI=1S/C15H22ClN3O3/c1-11(10-22-2)18-15(21)17-9-3-4-14(20)19-13-7-5-12(16)6-8-13/h5-8,11H,3-4,9-10H2,1-2H3,(H,19,20)(H2,17,18,21). The van der Waals surface area contributed by atoms with Crippen LogP contribution in [0.3, 0.4) is 0 Å². The van der Waals surface area contributed by atoms with Crippen molar-refractivity contribution in [2.24, 2.45) is 0 Å². The second kappa shape index (κ2) is 10.0. The molecule has 0 bridgehead atoms. The van der Waals surface area contributed by atoms with Crippen molar-refractivity contribution < 1.29 is 14.3 Å². The van der Waals surface area contributed by atoms with Crippen LogP contribution >= 0.6 is 11.6 Å². The molecule has 7 heteroatoms. The number of amides is 3. The average molecular weight is 328 g/mol. The number of urea groups is 1. The summed E-state index contributed by atoms with van der Waals surface area (Å²) < 4.78 is 4.92.